The van der Waals surface area contributed by atoms with E-state index in [2.05, 4.69) is 10.2 Å². The Morgan fingerprint density at radius 2 is 2.00 bits per heavy atom. The lowest BCUT2D eigenvalue weighted by Crippen LogP contribution is -1.94. The van der Waals surface area contributed by atoms with Gasteiger partial charge in [0.1, 0.15) is 0 Å². The number of benzene rings is 1. The number of H-pyrrole nitrogens is 1. The van der Waals surface area contributed by atoms with Crippen molar-refractivity contribution in [1.29, 1.82) is 0 Å². The fourth-order valence-electron chi connectivity index (χ4n) is 1.19. The van der Waals surface area contributed by atoms with E-state index in [0.29, 0.717) is 11.1 Å². The number of aromatic amines is 1. The zero-order valence-corrected chi connectivity index (χ0v) is 7.09. The van der Waals surface area contributed by atoms with Gasteiger partial charge in [-0.3, -0.25) is 5.10 Å². The second-order valence-corrected chi connectivity index (χ2v) is 2.85. The minimum absolute atomic E-state index is 0.207. The van der Waals surface area contributed by atoms with Crippen LogP contribution in [0.25, 0.3) is 11.1 Å². The molecule has 0 aliphatic heterocycles. The van der Waals surface area contributed by atoms with E-state index in [-0.39, 0.29) is 5.69 Å². The van der Waals surface area contributed by atoms with Crippen molar-refractivity contribution < 1.29 is 8.78 Å². The van der Waals surface area contributed by atoms with Crippen molar-refractivity contribution in [2.24, 2.45) is 0 Å². The number of aromatic nitrogens is 2. The number of rotatable bonds is 1. The Morgan fingerprint density at radius 1 is 1.21 bits per heavy atom. The van der Waals surface area contributed by atoms with E-state index in [1.807, 2.05) is 0 Å². The topological polar surface area (TPSA) is 54.7 Å². The number of halogens is 2. The highest BCUT2D eigenvalue weighted by Gasteiger charge is 2.09. The molecule has 3 N–H and O–H groups in total. The first kappa shape index (κ1) is 8.68. The summed E-state index contributed by atoms with van der Waals surface area (Å²) in [7, 11) is 0. The predicted molar refractivity (Wildman–Crippen MR) is 48.4 cm³/mol. The lowest BCUT2D eigenvalue weighted by atomic mass is 10.1. The number of anilines is 1. The fourth-order valence-corrected chi connectivity index (χ4v) is 1.19. The molecule has 14 heavy (non-hydrogen) atoms. The molecule has 1 aromatic heterocycles. The molecule has 0 bridgehead atoms. The van der Waals surface area contributed by atoms with E-state index in [1.165, 1.54) is 12.3 Å². The molecule has 0 aliphatic carbocycles. The minimum atomic E-state index is -1.02. The average Bonchev–Trinajstić information content (AvgIpc) is 2.66. The number of hydrogen-bond donors (Lipinski definition) is 2. The van der Waals surface area contributed by atoms with Crippen molar-refractivity contribution in [3.63, 3.8) is 0 Å². The molecular weight excluding hydrogens is 188 g/mol. The predicted octanol–water partition coefficient (Wildman–Crippen LogP) is 1.94. The van der Waals surface area contributed by atoms with Crippen LogP contribution < -0.4 is 5.73 Å². The first-order valence-corrected chi connectivity index (χ1v) is 3.92. The van der Waals surface area contributed by atoms with Crippen LogP contribution in [-0.4, -0.2) is 10.2 Å². The molecule has 0 aliphatic rings. The van der Waals surface area contributed by atoms with Crippen LogP contribution >= 0.6 is 0 Å². The van der Waals surface area contributed by atoms with E-state index >= 15 is 0 Å². The summed E-state index contributed by atoms with van der Waals surface area (Å²) in [5.74, 6) is -1.97. The fraction of sp³-hybridized carbons (Fsp3) is 0. The molecule has 0 unspecified atom stereocenters. The Hall–Kier alpha value is -1.91. The molecule has 0 saturated carbocycles. The summed E-state index contributed by atoms with van der Waals surface area (Å²) < 4.78 is 25.8. The molecule has 0 radical (unpaired) electrons. The van der Waals surface area contributed by atoms with Gasteiger partial charge >= 0.3 is 0 Å². The summed E-state index contributed by atoms with van der Waals surface area (Å²) in [5, 5.41) is 6.27. The summed E-state index contributed by atoms with van der Waals surface area (Å²) in [6, 6.07) is 2.44. The Morgan fingerprint density at radius 3 is 2.57 bits per heavy atom. The van der Waals surface area contributed by atoms with Crippen LogP contribution in [0.15, 0.2) is 24.5 Å². The first-order valence-electron chi connectivity index (χ1n) is 3.92. The minimum Gasteiger partial charge on any atom is -0.396 e. The van der Waals surface area contributed by atoms with Crippen LogP contribution in [0.1, 0.15) is 0 Å². The smallest absolute Gasteiger partial charge is 0.181 e. The second kappa shape index (κ2) is 3.10. The summed E-state index contributed by atoms with van der Waals surface area (Å²) >= 11 is 0. The van der Waals surface area contributed by atoms with Crippen molar-refractivity contribution in [2.45, 2.75) is 0 Å². The molecule has 0 amide bonds. The van der Waals surface area contributed by atoms with Gasteiger partial charge < -0.3 is 5.73 Å². The summed E-state index contributed by atoms with van der Waals surface area (Å²) in [6.07, 6.45) is 3.08. The zero-order chi connectivity index (χ0) is 10.1. The molecule has 1 aromatic carbocycles. The largest absolute Gasteiger partial charge is 0.396 e. The quantitative estimate of drug-likeness (QED) is 0.683. The molecule has 2 rings (SSSR count). The Labute approximate surface area is 78.6 Å². The lowest BCUT2D eigenvalue weighted by Gasteiger charge is -2.01. The van der Waals surface area contributed by atoms with Gasteiger partial charge in [0.05, 0.1) is 11.9 Å². The third-order valence-electron chi connectivity index (χ3n) is 1.89. The highest BCUT2D eigenvalue weighted by Crippen LogP contribution is 2.24. The summed E-state index contributed by atoms with van der Waals surface area (Å²) in [5.41, 5.74) is 6.23. The summed E-state index contributed by atoms with van der Waals surface area (Å²) in [6.45, 7) is 0. The normalized spacial score (nSPS) is 10.4. The highest BCUT2D eigenvalue weighted by atomic mass is 19.2. The van der Waals surface area contributed by atoms with E-state index in [0.717, 1.165) is 6.07 Å². The van der Waals surface area contributed by atoms with Crippen LogP contribution in [0, 0.1) is 11.6 Å². The standard InChI is InChI=1S/C9H7F2N3/c10-7-1-5(2-8(12)9(7)11)6-3-13-14-4-6/h1-4H,12H2,(H,13,14). The number of nitrogens with zero attached hydrogens (tertiary/aromatic N) is 1. The molecule has 72 valence electrons. The number of hydrogen-bond acceptors (Lipinski definition) is 2. The van der Waals surface area contributed by atoms with Crippen LogP contribution in [0.4, 0.5) is 14.5 Å². The zero-order valence-electron chi connectivity index (χ0n) is 7.09. The molecule has 2 aromatic rings. The van der Waals surface area contributed by atoms with Gasteiger partial charge in [-0.1, -0.05) is 0 Å². The van der Waals surface area contributed by atoms with Gasteiger partial charge in [0.15, 0.2) is 11.6 Å². The van der Waals surface area contributed by atoms with E-state index < -0.39 is 11.6 Å². The van der Waals surface area contributed by atoms with Crippen molar-refractivity contribution in [1.82, 2.24) is 10.2 Å². The van der Waals surface area contributed by atoms with Crippen LogP contribution in [0.2, 0.25) is 0 Å². The van der Waals surface area contributed by atoms with Crippen molar-refractivity contribution in [3.8, 4) is 11.1 Å². The third-order valence-corrected chi connectivity index (χ3v) is 1.89. The van der Waals surface area contributed by atoms with E-state index in [9.17, 15) is 8.78 Å². The number of nitrogens with one attached hydrogen (secondary N) is 1. The first-order chi connectivity index (χ1) is 6.68. The van der Waals surface area contributed by atoms with Gasteiger partial charge in [-0.25, -0.2) is 8.78 Å². The molecule has 1 heterocycles. The van der Waals surface area contributed by atoms with Gasteiger partial charge in [-0.05, 0) is 17.7 Å². The molecule has 5 heteroatoms. The molecule has 0 atom stereocenters. The maximum Gasteiger partial charge on any atom is 0.181 e. The second-order valence-electron chi connectivity index (χ2n) is 2.85. The third kappa shape index (κ3) is 1.32. The summed E-state index contributed by atoms with van der Waals surface area (Å²) in [4.78, 5) is 0. The SMILES string of the molecule is Nc1cc(-c2cn[nH]c2)cc(F)c1F. The van der Waals surface area contributed by atoms with Crippen LogP contribution in [0.5, 0.6) is 0 Å². The van der Waals surface area contributed by atoms with Gasteiger partial charge in [-0.15, -0.1) is 0 Å². The Balaban J connectivity index is 2.57. The van der Waals surface area contributed by atoms with Crippen molar-refractivity contribution in [3.05, 3.63) is 36.2 Å². The van der Waals surface area contributed by atoms with Crippen LogP contribution in [0.3, 0.4) is 0 Å². The van der Waals surface area contributed by atoms with Gasteiger partial charge in [0.2, 0.25) is 0 Å². The van der Waals surface area contributed by atoms with Crippen molar-refractivity contribution >= 4 is 5.69 Å². The molecule has 0 spiro atoms. The van der Waals surface area contributed by atoms with Gasteiger partial charge in [0.25, 0.3) is 0 Å². The van der Waals surface area contributed by atoms with Gasteiger partial charge in [0, 0.05) is 11.8 Å². The number of nitrogen functional groups attached to an aromatic ring is 1. The number of nitrogens with two attached hydrogens (primary N) is 1. The van der Waals surface area contributed by atoms with E-state index in [1.54, 1.807) is 6.20 Å². The van der Waals surface area contributed by atoms with E-state index in [4.69, 9.17) is 5.73 Å². The molecular formula is C9H7F2N3. The maximum atomic E-state index is 12.9. The van der Waals surface area contributed by atoms with Crippen molar-refractivity contribution in [2.75, 3.05) is 5.73 Å². The monoisotopic (exact) mass is 195 g/mol. The Kier molecular flexibility index (Phi) is 1.92. The maximum absolute atomic E-state index is 12.9. The van der Waals surface area contributed by atoms with Crippen LogP contribution in [-0.2, 0) is 0 Å². The molecule has 0 saturated heterocycles. The molecule has 3 nitrogen and oxygen atoms in total. The lowest BCUT2D eigenvalue weighted by molar-refractivity contribution is 0.512. The average molecular weight is 195 g/mol. The van der Waals surface area contributed by atoms with Gasteiger partial charge in [-0.2, -0.15) is 5.10 Å². The molecule has 0 fully saturated rings. The Bertz CT molecular complexity index is 428. The highest BCUT2D eigenvalue weighted by molar-refractivity contribution is 5.66.